The van der Waals surface area contributed by atoms with Gasteiger partial charge in [0.2, 0.25) is 10.0 Å². The molecule has 0 heterocycles. The Morgan fingerprint density at radius 2 is 1.50 bits per heavy atom. The second kappa shape index (κ2) is 8.77. The maximum atomic E-state index is 12.4. The molecule has 1 unspecified atom stereocenters. The van der Waals surface area contributed by atoms with Gasteiger partial charge in [0.05, 0.1) is 11.0 Å². The Bertz CT molecular complexity index is 925. The van der Waals surface area contributed by atoms with Gasteiger partial charge in [-0.3, -0.25) is 0 Å². The minimum Gasteiger partial charge on any atom is -0.374 e. The fraction of sp³-hybridized carbons (Fsp3) is 0.333. The number of hydrogen-bond acceptors (Lipinski definition) is 5. The minimum atomic E-state index is -3.91. The Balaban J connectivity index is 1.90. The van der Waals surface area contributed by atoms with Crippen molar-refractivity contribution in [2.24, 2.45) is 0 Å². The molecule has 8 heteroatoms. The van der Waals surface area contributed by atoms with Crippen molar-refractivity contribution in [3.63, 3.8) is 0 Å². The fourth-order valence-corrected chi connectivity index (χ4v) is 5.12. The van der Waals surface area contributed by atoms with E-state index in [1.54, 1.807) is 0 Å². The van der Waals surface area contributed by atoms with Crippen LogP contribution in [0.4, 0.5) is 0 Å². The first-order chi connectivity index (χ1) is 12.2. The van der Waals surface area contributed by atoms with Crippen molar-refractivity contribution < 1.29 is 21.6 Å². The fourth-order valence-electron chi connectivity index (χ4n) is 2.42. The van der Waals surface area contributed by atoms with Crippen LogP contribution in [0.5, 0.6) is 0 Å². The van der Waals surface area contributed by atoms with E-state index in [2.05, 4.69) is 4.72 Å². The van der Waals surface area contributed by atoms with Crippen LogP contribution in [0.15, 0.2) is 64.4 Å². The molecule has 26 heavy (non-hydrogen) atoms. The van der Waals surface area contributed by atoms with Gasteiger partial charge in [-0.05, 0) is 31.0 Å². The second-order valence-electron chi connectivity index (χ2n) is 5.89. The third-order valence-corrected chi connectivity index (χ3v) is 6.59. The van der Waals surface area contributed by atoms with Crippen molar-refractivity contribution >= 4 is 19.9 Å². The van der Waals surface area contributed by atoms with Gasteiger partial charge in [0.1, 0.15) is 4.90 Å². The Morgan fingerprint density at radius 1 is 0.923 bits per heavy atom. The molecule has 0 aliphatic heterocycles. The van der Waals surface area contributed by atoms with E-state index in [1.165, 1.54) is 24.3 Å². The molecule has 0 saturated carbocycles. The molecule has 142 valence electrons. The van der Waals surface area contributed by atoms with Crippen LogP contribution in [0.1, 0.15) is 25.0 Å². The monoisotopic (exact) mass is 397 g/mol. The molecule has 2 aromatic rings. The maximum absolute atomic E-state index is 12.4. The summed E-state index contributed by atoms with van der Waals surface area (Å²) < 4.78 is 56.5. The Hall–Kier alpha value is -1.74. The van der Waals surface area contributed by atoms with Gasteiger partial charge in [-0.1, -0.05) is 42.5 Å². The molecule has 0 bridgehead atoms. The van der Waals surface area contributed by atoms with E-state index in [-0.39, 0.29) is 22.4 Å². The zero-order valence-electron chi connectivity index (χ0n) is 14.8. The molecule has 0 saturated heterocycles. The highest BCUT2D eigenvalue weighted by Crippen LogP contribution is 2.20. The lowest BCUT2D eigenvalue weighted by molar-refractivity contribution is 0.0647. The summed E-state index contributed by atoms with van der Waals surface area (Å²) in [6, 6.07) is 15.3. The molecule has 0 fully saturated rings. The van der Waals surface area contributed by atoms with Gasteiger partial charge in [0.15, 0.2) is 9.84 Å². The molecular formula is C18H23NO5S2. The third kappa shape index (κ3) is 5.63. The van der Waals surface area contributed by atoms with E-state index in [0.29, 0.717) is 13.0 Å². The SMILES string of the molecule is CC(OCCCNS(=O)(=O)c1ccccc1S(C)(=O)=O)c1ccccc1. The zero-order valence-corrected chi connectivity index (χ0v) is 16.4. The van der Waals surface area contributed by atoms with Gasteiger partial charge in [0, 0.05) is 19.4 Å². The zero-order chi connectivity index (χ0) is 19.2. The van der Waals surface area contributed by atoms with Crippen molar-refractivity contribution in [3.8, 4) is 0 Å². The van der Waals surface area contributed by atoms with Gasteiger partial charge in [-0.2, -0.15) is 0 Å². The summed E-state index contributed by atoms with van der Waals surface area (Å²) in [6.45, 7) is 2.47. The molecule has 2 aromatic carbocycles. The molecule has 2 rings (SSSR count). The summed E-state index contributed by atoms with van der Waals surface area (Å²) in [5.74, 6) is 0. The van der Waals surface area contributed by atoms with Gasteiger partial charge in [-0.25, -0.2) is 21.6 Å². The van der Waals surface area contributed by atoms with E-state index in [1.807, 2.05) is 37.3 Å². The molecule has 0 aliphatic rings. The maximum Gasteiger partial charge on any atom is 0.241 e. The first kappa shape index (κ1) is 20.6. The molecule has 0 radical (unpaired) electrons. The molecule has 0 aromatic heterocycles. The van der Waals surface area contributed by atoms with Crippen molar-refractivity contribution in [3.05, 3.63) is 60.2 Å². The molecule has 0 amide bonds. The van der Waals surface area contributed by atoms with E-state index >= 15 is 0 Å². The second-order valence-corrected chi connectivity index (χ2v) is 9.61. The predicted octanol–water partition coefficient (Wildman–Crippen LogP) is 2.54. The molecular weight excluding hydrogens is 374 g/mol. The Labute approximate surface area is 155 Å². The van der Waals surface area contributed by atoms with Crippen molar-refractivity contribution in [2.75, 3.05) is 19.4 Å². The molecule has 0 aliphatic carbocycles. The average molecular weight is 398 g/mol. The molecule has 1 atom stereocenters. The lowest BCUT2D eigenvalue weighted by atomic mass is 10.1. The van der Waals surface area contributed by atoms with Crippen LogP contribution in [-0.4, -0.2) is 36.2 Å². The Kier molecular flexibility index (Phi) is 6.94. The summed E-state index contributed by atoms with van der Waals surface area (Å²) in [7, 11) is -7.55. The molecule has 6 nitrogen and oxygen atoms in total. The smallest absolute Gasteiger partial charge is 0.241 e. The number of hydrogen-bond donors (Lipinski definition) is 1. The average Bonchev–Trinajstić information content (AvgIpc) is 2.61. The van der Waals surface area contributed by atoms with Crippen LogP contribution in [0, 0.1) is 0 Å². The standard InChI is InChI=1S/C18H23NO5S2/c1-15(16-9-4-3-5-10-16)24-14-8-13-19-26(22,23)18-12-7-6-11-17(18)25(2,20)21/h3-7,9-12,15,19H,8,13-14H2,1-2H3. The highest BCUT2D eigenvalue weighted by molar-refractivity contribution is 7.93. The van der Waals surface area contributed by atoms with E-state index in [4.69, 9.17) is 4.74 Å². The number of benzene rings is 2. The number of rotatable bonds is 9. The van der Waals surface area contributed by atoms with Crippen LogP contribution in [0.3, 0.4) is 0 Å². The summed E-state index contributed by atoms with van der Waals surface area (Å²) >= 11 is 0. The van der Waals surface area contributed by atoms with Gasteiger partial charge in [-0.15, -0.1) is 0 Å². The summed E-state index contributed by atoms with van der Waals surface area (Å²) in [6.07, 6.45) is 1.37. The van der Waals surface area contributed by atoms with Crippen LogP contribution in [0.25, 0.3) is 0 Å². The highest BCUT2D eigenvalue weighted by Gasteiger charge is 2.22. The topological polar surface area (TPSA) is 89.5 Å². The number of sulfone groups is 1. The van der Waals surface area contributed by atoms with Crippen LogP contribution < -0.4 is 4.72 Å². The first-order valence-electron chi connectivity index (χ1n) is 8.17. The number of ether oxygens (including phenoxy) is 1. The molecule has 0 spiro atoms. The van der Waals surface area contributed by atoms with E-state index in [0.717, 1.165) is 11.8 Å². The summed E-state index contributed by atoms with van der Waals surface area (Å²) in [4.78, 5) is -0.442. The largest absolute Gasteiger partial charge is 0.374 e. The lowest BCUT2D eigenvalue weighted by Gasteiger charge is -2.14. The molecule has 1 N–H and O–H groups in total. The normalized spacial score (nSPS) is 13.5. The van der Waals surface area contributed by atoms with E-state index in [9.17, 15) is 16.8 Å². The van der Waals surface area contributed by atoms with Gasteiger partial charge in [0.25, 0.3) is 0 Å². The van der Waals surface area contributed by atoms with Gasteiger partial charge < -0.3 is 4.74 Å². The van der Waals surface area contributed by atoms with Crippen molar-refractivity contribution in [1.29, 1.82) is 0 Å². The first-order valence-corrected chi connectivity index (χ1v) is 11.5. The lowest BCUT2D eigenvalue weighted by Crippen LogP contribution is -2.27. The van der Waals surface area contributed by atoms with Crippen molar-refractivity contribution in [1.82, 2.24) is 4.72 Å². The van der Waals surface area contributed by atoms with E-state index < -0.39 is 19.9 Å². The van der Waals surface area contributed by atoms with Crippen molar-refractivity contribution in [2.45, 2.75) is 29.2 Å². The predicted molar refractivity (Wildman–Crippen MR) is 100 cm³/mol. The highest BCUT2D eigenvalue weighted by atomic mass is 32.2. The number of sulfonamides is 1. The minimum absolute atomic E-state index is 0.0845. The van der Waals surface area contributed by atoms with Gasteiger partial charge >= 0.3 is 0 Å². The van der Waals surface area contributed by atoms with Crippen LogP contribution in [0.2, 0.25) is 0 Å². The quantitative estimate of drug-likeness (QED) is 0.657. The number of nitrogens with one attached hydrogen (secondary N) is 1. The Morgan fingerprint density at radius 3 is 2.12 bits per heavy atom. The summed E-state index contributed by atoms with van der Waals surface area (Å²) in [5, 5.41) is 0. The summed E-state index contributed by atoms with van der Waals surface area (Å²) in [5.41, 5.74) is 1.05. The third-order valence-electron chi connectivity index (χ3n) is 3.79. The van der Waals surface area contributed by atoms with Crippen LogP contribution >= 0.6 is 0 Å². The van der Waals surface area contributed by atoms with Crippen LogP contribution in [-0.2, 0) is 24.6 Å².